The predicted molar refractivity (Wildman–Crippen MR) is 39.3 cm³/mol. The molecule has 0 aliphatic heterocycles. The Hall–Kier alpha value is -1.24. The summed E-state index contributed by atoms with van der Waals surface area (Å²) in [6.07, 6.45) is -5.03. The third-order valence-electron chi connectivity index (χ3n) is 1.74. The Balaban J connectivity index is 3.31. The molecule has 0 saturated carbocycles. The molecular weight excluding hydrogens is 224 g/mol. The molecule has 15 heavy (non-hydrogen) atoms. The van der Waals surface area contributed by atoms with Crippen LogP contribution in [0.1, 0.15) is 11.6 Å². The van der Waals surface area contributed by atoms with Crippen molar-refractivity contribution >= 4 is 0 Å². The molecule has 0 amide bonds. The van der Waals surface area contributed by atoms with Crippen molar-refractivity contribution in [3.05, 3.63) is 35.1 Å². The van der Waals surface area contributed by atoms with Gasteiger partial charge in [0.2, 0.25) is 0 Å². The van der Waals surface area contributed by atoms with Gasteiger partial charge in [0.05, 0.1) is 5.56 Å². The van der Waals surface area contributed by atoms with Gasteiger partial charge >= 0.3 is 6.18 Å². The van der Waals surface area contributed by atoms with Crippen molar-refractivity contribution in [1.29, 1.82) is 0 Å². The predicted octanol–water partition coefficient (Wildman–Crippen LogP) is 2.67. The molecule has 0 spiro atoms. The van der Waals surface area contributed by atoms with Crippen LogP contribution in [0.5, 0.6) is 0 Å². The minimum absolute atomic E-state index is 0.386. The second-order valence-corrected chi connectivity index (χ2v) is 2.78. The van der Waals surface area contributed by atoms with E-state index in [1.807, 2.05) is 0 Å². The smallest absolute Gasteiger partial charge is 0.316 e. The summed E-state index contributed by atoms with van der Waals surface area (Å²) in [5, 5.41) is 0. The fraction of sp³-hybridized carbons (Fsp3) is 0.250. The van der Waals surface area contributed by atoms with Crippen molar-refractivity contribution in [2.75, 3.05) is 0 Å². The van der Waals surface area contributed by atoms with Crippen LogP contribution in [0.2, 0.25) is 0 Å². The van der Waals surface area contributed by atoms with Gasteiger partial charge in [-0.15, -0.1) is 0 Å². The average molecular weight is 229 g/mol. The van der Waals surface area contributed by atoms with Gasteiger partial charge in [-0.2, -0.15) is 13.2 Å². The Morgan fingerprint density at radius 1 is 1.00 bits per heavy atom. The van der Waals surface area contributed by atoms with Crippen molar-refractivity contribution in [3.8, 4) is 0 Å². The lowest BCUT2D eigenvalue weighted by molar-refractivity contribution is -0.150. The molecule has 1 nitrogen and oxygen atoms in total. The highest BCUT2D eigenvalue weighted by Gasteiger charge is 2.41. The number of benzene rings is 1. The molecule has 0 heterocycles. The summed E-state index contributed by atoms with van der Waals surface area (Å²) >= 11 is 0. The molecule has 0 bridgehead atoms. The lowest BCUT2D eigenvalue weighted by Crippen LogP contribution is -2.30. The van der Waals surface area contributed by atoms with Gasteiger partial charge in [-0.1, -0.05) is 0 Å². The normalized spacial score (nSPS) is 14.1. The van der Waals surface area contributed by atoms with Crippen molar-refractivity contribution < 1.29 is 26.3 Å². The van der Waals surface area contributed by atoms with Crippen molar-refractivity contribution in [2.45, 2.75) is 12.2 Å². The first-order valence-electron chi connectivity index (χ1n) is 3.71. The second-order valence-electron chi connectivity index (χ2n) is 2.78. The highest BCUT2D eigenvalue weighted by molar-refractivity contribution is 5.25. The summed E-state index contributed by atoms with van der Waals surface area (Å²) in [7, 11) is 0. The summed E-state index contributed by atoms with van der Waals surface area (Å²) in [6.45, 7) is 0. The molecule has 0 aromatic heterocycles. The number of hydrogen-bond donors (Lipinski definition) is 1. The summed E-state index contributed by atoms with van der Waals surface area (Å²) in [5.74, 6) is -5.02. The molecule has 1 atom stereocenters. The van der Waals surface area contributed by atoms with Crippen LogP contribution in [-0.4, -0.2) is 6.18 Å². The lowest BCUT2D eigenvalue weighted by atomic mass is 10.1. The average Bonchev–Trinajstić information content (AvgIpc) is 2.10. The van der Waals surface area contributed by atoms with E-state index >= 15 is 0 Å². The monoisotopic (exact) mass is 229 g/mol. The zero-order valence-electron chi connectivity index (χ0n) is 7.08. The number of hydrogen-bond acceptors (Lipinski definition) is 1. The standard InChI is InChI=1S/C8H5F6N/c9-3-1-2-4(10)6(11)5(3)7(15)8(12,13)14/h1-2,7H,15H2. The molecule has 1 rings (SSSR count). The number of rotatable bonds is 1. The Labute approximate surface area is 80.5 Å². The molecule has 1 unspecified atom stereocenters. The van der Waals surface area contributed by atoms with Crippen molar-refractivity contribution in [3.63, 3.8) is 0 Å². The number of nitrogens with two attached hydrogens (primary N) is 1. The molecule has 1 aromatic carbocycles. The maximum Gasteiger partial charge on any atom is 0.407 e. The van der Waals surface area contributed by atoms with Crippen molar-refractivity contribution in [1.82, 2.24) is 0 Å². The van der Waals surface area contributed by atoms with Gasteiger partial charge in [0, 0.05) is 0 Å². The fourth-order valence-electron chi connectivity index (χ4n) is 0.992. The van der Waals surface area contributed by atoms with Gasteiger partial charge in [0.1, 0.15) is 11.9 Å². The molecule has 2 N–H and O–H groups in total. The summed E-state index contributed by atoms with van der Waals surface area (Å²) < 4.78 is 74.4. The van der Waals surface area contributed by atoms with E-state index in [1.165, 1.54) is 0 Å². The van der Waals surface area contributed by atoms with Gasteiger partial charge in [-0.3, -0.25) is 0 Å². The maximum absolute atomic E-state index is 12.8. The molecule has 0 aliphatic rings. The second kappa shape index (κ2) is 3.73. The molecule has 84 valence electrons. The van der Waals surface area contributed by atoms with Gasteiger partial charge < -0.3 is 5.73 Å². The van der Waals surface area contributed by atoms with Crippen LogP contribution in [0.4, 0.5) is 26.3 Å². The molecule has 1 aromatic rings. The molecule has 0 saturated heterocycles. The molecule has 0 radical (unpaired) electrons. The van der Waals surface area contributed by atoms with E-state index in [2.05, 4.69) is 5.73 Å². The molecule has 0 fully saturated rings. The minimum atomic E-state index is -5.03. The first-order valence-corrected chi connectivity index (χ1v) is 3.71. The Morgan fingerprint density at radius 3 is 1.93 bits per heavy atom. The molecule has 0 aliphatic carbocycles. The zero-order valence-corrected chi connectivity index (χ0v) is 7.08. The van der Waals surface area contributed by atoms with E-state index in [4.69, 9.17) is 0 Å². The highest BCUT2D eigenvalue weighted by Crippen LogP contribution is 2.33. The molecular formula is C8H5F6N. The first kappa shape index (κ1) is 11.8. The largest absolute Gasteiger partial charge is 0.407 e. The van der Waals surface area contributed by atoms with Crippen LogP contribution in [0.3, 0.4) is 0 Å². The quantitative estimate of drug-likeness (QED) is 0.581. The van der Waals surface area contributed by atoms with Gasteiger partial charge in [0.25, 0.3) is 0 Å². The zero-order chi connectivity index (χ0) is 11.8. The van der Waals surface area contributed by atoms with E-state index < -0.39 is 35.2 Å². The Bertz CT molecular complexity index is 372. The lowest BCUT2D eigenvalue weighted by Gasteiger charge is -2.17. The minimum Gasteiger partial charge on any atom is -0.316 e. The van der Waals surface area contributed by atoms with Crippen LogP contribution in [-0.2, 0) is 0 Å². The fourth-order valence-corrected chi connectivity index (χ4v) is 0.992. The Morgan fingerprint density at radius 2 is 1.47 bits per heavy atom. The van der Waals surface area contributed by atoms with E-state index in [1.54, 1.807) is 0 Å². The topological polar surface area (TPSA) is 26.0 Å². The van der Waals surface area contributed by atoms with Gasteiger partial charge in [-0.05, 0) is 12.1 Å². The third-order valence-corrected chi connectivity index (χ3v) is 1.74. The van der Waals surface area contributed by atoms with Crippen LogP contribution >= 0.6 is 0 Å². The van der Waals surface area contributed by atoms with E-state index in [0.29, 0.717) is 12.1 Å². The van der Waals surface area contributed by atoms with E-state index in [-0.39, 0.29) is 0 Å². The summed E-state index contributed by atoms with van der Waals surface area (Å²) in [4.78, 5) is 0. The van der Waals surface area contributed by atoms with Crippen LogP contribution in [0.25, 0.3) is 0 Å². The van der Waals surface area contributed by atoms with E-state index in [9.17, 15) is 26.3 Å². The summed E-state index contributed by atoms with van der Waals surface area (Å²) in [5.41, 5.74) is 3.06. The maximum atomic E-state index is 12.8. The first-order chi connectivity index (χ1) is 6.75. The number of halogens is 6. The Kier molecular flexibility index (Phi) is 2.94. The molecule has 7 heteroatoms. The van der Waals surface area contributed by atoms with Gasteiger partial charge in [-0.25, -0.2) is 13.2 Å². The summed E-state index contributed by atoms with van der Waals surface area (Å²) in [6, 6.07) is -2.11. The van der Waals surface area contributed by atoms with E-state index in [0.717, 1.165) is 0 Å². The van der Waals surface area contributed by atoms with Crippen LogP contribution < -0.4 is 5.73 Å². The van der Waals surface area contributed by atoms with Crippen LogP contribution in [0.15, 0.2) is 12.1 Å². The SMILES string of the molecule is NC(c1c(F)ccc(F)c1F)C(F)(F)F. The van der Waals surface area contributed by atoms with Crippen LogP contribution in [0, 0.1) is 17.5 Å². The van der Waals surface area contributed by atoms with Gasteiger partial charge in [0.15, 0.2) is 11.6 Å². The highest BCUT2D eigenvalue weighted by atomic mass is 19.4. The third kappa shape index (κ3) is 2.23. The van der Waals surface area contributed by atoms with Crippen molar-refractivity contribution in [2.24, 2.45) is 5.73 Å². The number of alkyl halides is 3.